The number of nitrogens with one attached hydrogen (secondary N) is 1. The molecule has 0 aliphatic heterocycles. The first-order valence-electron chi connectivity index (χ1n) is 12.5. The molecule has 4 aromatic rings. The number of aromatic amines is 1. The number of Topliss-reactive ketones (excluding diaryl/α,β-unsaturated/α-hetero) is 1. The van der Waals surface area contributed by atoms with Gasteiger partial charge in [0.1, 0.15) is 5.82 Å². The summed E-state index contributed by atoms with van der Waals surface area (Å²) in [6.07, 6.45) is 6.97. The number of nitrogens with zero attached hydrogens (tertiary/aromatic N) is 6. The summed E-state index contributed by atoms with van der Waals surface area (Å²) in [5.41, 5.74) is 4.11. The first-order valence-corrected chi connectivity index (χ1v) is 12.5. The van der Waals surface area contributed by atoms with Gasteiger partial charge in [-0.05, 0) is 40.0 Å². The summed E-state index contributed by atoms with van der Waals surface area (Å²) in [6.45, 7) is 2.33. The average Bonchev–Trinajstić information content (AvgIpc) is 3.59. The molecule has 0 spiro atoms. The van der Waals surface area contributed by atoms with Gasteiger partial charge in [-0.2, -0.15) is 0 Å². The zero-order valence-corrected chi connectivity index (χ0v) is 20.4. The fourth-order valence-corrected chi connectivity index (χ4v) is 4.84. The van der Waals surface area contributed by atoms with Gasteiger partial charge in [0.15, 0.2) is 5.82 Å². The third kappa shape index (κ3) is 5.41. The maximum Gasteiger partial charge on any atom is 0.217 e. The molecule has 1 aliphatic carbocycles. The second-order valence-corrected chi connectivity index (χ2v) is 9.24. The second-order valence-electron chi connectivity index (χ2n) is 9.24. The lowest BCUT2D eigenvalue weighted by molar-refractivity contribution is 0.0939. The highest BCUT2D eigenvalue weighted by atomic mass is 16.1. The number of aromatic nitrogens is 7. The zero-order valence-electron chi connectivity index (χ0n) is 20.4. The maximum absolute atomic E-state index is 12.9. The molecular formula is C28H29N7O. The minimum atomic E-state index is 0.0419. The van der Waals surface area contributed by atoms with Gasteiger partial charge in [-0.25, -0.2) is 14.8 Å². The summed E-state index contributed by atoms with van der Waals surface area (Å²) in [6, 6.07) is 16.3. The molecule has 0 unspecified atom stereocenters. The monoisotopic (exact) mass is 479 g/mol. The number of ketones is 1. The molecule has 0 amide bonds. The van der Waals surface area contributed by atoms with Gasteiger partial charge in [0.2, 0.25) is 11.6 Å². The van der Waals surface area contributed by atoms with Crippen molar-refractivity contribution in [2.45, 2.75) is 58.4 Å². The number of rotatable bonds is 8. The van der Waals surface area contributed by atoms with Crippen molar-refractivity contribution in [2.24, 2.45) is 5.92 Å². The van der Waals surface area contributed by atoms with Crippen LogP contribution >= 0.6 is 0 Å². The molecule has 8 nitrogen and oxygen atoms in total. The van der Waals surface area contributed by atoms with Gasteiger partial charge in [-0.3, -0.25) is 4.79 Å². The molecule has 1 fully saturated rings. The predicted molar refractivity (Wildman–Crippen MR) is 137 cm³/mol. The van der Waals surface area contributed by atoms with Gasteiger partial charge in [-0.15, -0.1) is 16.1 Å². The van der Waals surface area contributed by atoms with E-state index in [2.05, 4.69) is 72.9 Å². The average molecular weight is 480 g/mol. The highest BCUT2D eigenvalue weighted by molar-refractivity contribution is 5.92. The van der Waals surface area contributed by atoms with Crippen molar-refractivity contribution in [2.75, 3.05) is 0 Å². The standard InChI is InChI=1S/C28H29N7O/c1-2-3-13-26-29-28(25(36)18-20-9-5-4-6-10-20)32-35(26)19-21-14-16-22(17-15-21)23-11-7-8-12-24(23)27-30-33-34-31-27/h7-8,11-12,14-17,20H,4-6,9-10,13,18-19H2,1H3,(H,30,31,33,34). The number of carbonyl (C=O) groups is 1. The lowest BCUT2D eigenvalue weighted by Crippen LogP contribution is -2.13. The Morgan fingerprint density at radius 1 is 1.06 bits per heavy atom. The molecule has 2 heterocycles. The van der Waals surface area contributed by atoms with Crippen molar-refractivity contribution in [3.8, 4) is 34.4 Å². The van der Waals surface area contributed by atoms with Crippen LogP contribution in [0.2, 0.25) is 0 Å². The van der Waals surface area contributed by atoms with Crippen LogP contribution in [-0.2, 0) is 13.0 Å². The van der Waals surface area contributed by atoms with Crippen LogP contribution in [0.25, 0.3) is 22.5 Å². The van der Waals surface area contributed by atoms with E-state index in [-0.39, 0.29) is 5.78 Å². The zero-order chi connectivity index (χ0) is 24.7. The van der Waals surface area contributed by atoms with Crippen molar-refractivity contribution >= 4 is 5.78 Å². The molecule has 5 rings (SSSR count). The van der Waals surface area contributed by atoms with E-state index < -0.39 is 0 Å². The number of H-pyrrole nitrogens is 1. The van der Waals surface area contributed by atoms with E-state index in [4.69, 9.17) is 0 Å². The SMILES string of the molecule is CC#CCc1nc(C(=O)CC2CCCCC2)nn1Cc1ccc(-c2ccccc2-c2nnn[nH]2)cc1. The Labute approximate surface area is 210 Å². The van der Waals surface area contributed by atoms with Crippen LogP contribution in [0, 0.1) is 17.8 Å². The van der Waals surface area contributed by atoms with Gasteiger partial charge in [0.25, 0.3) is 0 Å². The fourth-order valence-electron chi connectivity index (χ4n) is 4.84. The number of benzene rings is 2. The van der Waals surface area contributed by atoms with Crippen molar-refractivity contribution in [1.82, 2.24) is 35.4 Å². The Balaban J connectivity index is 1.35. The molecule has 0 atom stereocenters. The molecule has 1 saturated carbocycles. The predicted octanol–water partition coefficient (Wildman–Crippen LogP) is 4.89. The van der Waals surface area contributed by atoms with Gasteiger partial charge >= 0.3 is 0 Å². The minimum absolute atomic E-state index is 0.0419. The van der Waals surface area contributed by atoms with E-state index in [1.807, 2.05) is 22.9 Å². The third-order valence-corrected chi connectivity index (χ3v) is 6.74. The normalized spacial score (nSPS) is 13.8. The van der Waals surface area contributed by atoms with Crippen molar-refractivity contribution in [3.05, 3.63) is 65.7 Å². The quantitative estimate of drug-likeness (QED) is 0.285. The molecule has 2 aromatic heterocycles. The summed E-state index contributed by atoms with van der Waals surface area (Å²) < 4.78 is 1.82. The molecule has 2 aromatic carbocycles. The summed E-state index contributed by atoms with van der Waals surface area (Å²) in [4.78, 5) is 17.5. The highest BCUT2D eigenvalue weighted by Crippen LogP contribution is 2.30. The van der Waals surface area contributed by atoms with E-state index in [0.717, 1.165) is 40.9 Å². The first-order chi connectivity index (χ1) is 17.7. The summed E-state index contributed by atoms with van der Waals surface area (Å²) >= 11 is 0. The van der Waals surface area contributed by atoms with E-state index in [0.29, 0.717) is 37.0 Å². The van der Waals surface area contributed by atoms with E-state index in [1.54, 1.807) is 6.92 Å². The minimum Gasteiger partial charge on any atom is -0.291 e. The van der Waals surface area contributed by atoms with Gasteiger partial charge in [-0.1, -0.05) is 86.6 Å². The number of carbonyl (C=O) groups excluding carboxylic acids is 1. The molecule has 0 bridgehead atoms. The van der Waals surface area contributed by atoms with Crippen LogP contribution in [-0.4, -0.2) is 41.2 Å². The smallest absolute Gasteiger partial charge is 0.217 e. The van der Waals surface area contributed by atoms with Gasteiger partial charge < -0.3 is 0 Å². The lowest BCUT2D eigenvalue weighted by atomic mass is 9.86. The molecule has 1 N–H and O–H groups in total. The van der Waals surface area contributed by atoms with E-state index >= 15 is 0 Å². The molecule has 0 saturated heterocycles. The molecule has 182 valence electrons. The van der Waals surface area contributed by atoms with Crippen LogP contribution in [0.15, 0.2) is 48.5 Å². The lowest BCUT2D eigenvalue weighted by Gasteiger charge is -2.19. The molecular weight excluding hydrogens is 450 g/mol. The molecule has 8 heteroatoms. The molecule has 36 heavy (non-hydrogen) atoms. The van der Waals surface area contributed by atoms with E-state index in [9.17, 15) is 4.79 Å². The third-order valence-electron chi connectivity index (χ3n) is 6.74. The largest absolute Gasteiger partial charge is 0.291 e. The van der Waals surface area contributed by atoms with Gasteiger partial charge in [0.05, 0.1) is 13.0 Å². The van der Waals surface area contributed by atoms with E-state index in [1.165, 1.54) is 19.3 Å². The van der Waals surface area contributed by atoms with Gasteiger partial charge in [0, 0.05) is 12.0 Å². The Hall–Kier alpha value is -4.12. The number of hydrogen-bond acceptors (Lipinski definition) is 6. The topological polar surface area (TPSA) is 102 Å². The number of hydrogen-bond donors (Lipinski definition) is 1. The highest BCUT2D eigenvalue weighted by Gasteiger charge is 2.22. The first kappa shape index (κ1) is 23.6. The van der Waals surface area contributed by atoms with Crippen LogP contribution in [0.5, 0.6) is 0 Å². The summed E-state index contributed by atoms with van der Waals surface area (Å²) in [7, 11) is 0. The maximum atomic E-state index is 12.9. The van der Waals surface area contributed by atoms with Crippen molar-refractivity contribution in [3.63, 3.8) is 0 Å². The van der Waals surface area contributed by atoms with Crippen LogP contribution in [0.1, 0.15) is 67.5 Å². The van der Waals surface area contributed by atoms with Crippen LogP contribution in [0.3, 0.4) is 0 Å². The summed E-state index contributed by atoms with van der Waals surface area (Å²) in [5.74, 6) is 8.17. The van der Waals surface area contributed by atoms with Crippen LogP contribution < -0.4 is 0 Å². The summed E-state index contributed by atoms with van der Waals surface area (Å²) in [5, 5.41) is 18.9. The molecule has 0 radical (unpaired) electrons. The Morgan fingerprint density at radius 2 is 1.83 bits per heavy atom. The Kier molecular flexibility index (Phi) is 7.27. The van der Waals surface area contributed by atoms with Crippen molar-refractivity contribution < 1.29 is 4.79 Å². The van der Waals surface area contributed by atoms with Crippen LogP contribution in [0.4, 0.5) is 0 Å². The number of tetrazole rings is 1. The Bertz CT molecular complexity index is 1370. The second kappa shape index (κ2) is 11.1. The fraction of sp³-hybridized carbons (Fsp3) is 0.357. The van der Waals surface area contributed by atoms with Crippen molar-refractivity contribution in [1.29, 1.82) is 0 Å². The Morgan fingerprint density at radius 3 is 2.56 bits per heavy atom. The molecule has 1 aliphatic rings.